The minimum atomic E-state index is -0.593. The van der Waals surface area contributed by atoms with Crippen molar-refractivity contribution in [3.8, 4) is 0 Å². The summed E-state index contributed by atoms with van der Waals surface area (Å²) in [6.45, 7) is 4.80. The third-order valence-electron chi connectivity index (χ3n) is 5.14. The van der Waals surface area contributed by atoms with Crippen LogP contribution in [0.1, 0.15) is 16.8 Å². The van der Waals surface area contributed by atoms with Gasteiger partial charge in [-0.05, 0) is 43.3 Å². The molecular formula is C23H30FN5O3. The standard InChI is InChI=1S/C23H30FN5O3/c1-28(2)21-9-8-17(26-23(31)27-20-7-4-3-6-19(20)24)16-18(21)22(30)25-10-5-11-29-12-14-32-15-13-29/h3-4,6-9,16H,5,10-15H2,1-2H3,(H,25,30)(H2,26,27,31). The molecule has 0 aliphatic carbocycles. The van der Waals surface area contributed by atoms with Crippen molar-refractivity contribution in [3.63, 3.8) is 0 Å². The fourth-order valence-electron chi connectivity index (χ4n) is 3.46. The number of carbonyl (C=O) groups is 2. The van der Waals surface area contributed by atoms with Gasteiger partial charge in [0.1, 0.15) is 5.82 Å². The van der Waals surface area contributed by atoms with Gasteiger partial charge >= 0.3 is 6.03 Å². The summed E-state index contributed by atoms with van der Waals surface area (Å²) in [5.41, 5.74) is 1.69. The summed E-state index contributed by atoms with van der Waals surface area (Å²) in [5, 5.41) is 8.08. The van der Waals surface area contributed by atoms with E-state index < -0.39 is 11.8 Å². The molecule has 0 atom stereocenters. The third kappa shape index (κ3) is 6.66. The van der Waals surface area contributed by atoms with Crippen LogP contribution in [-0.2, 0) is 4.74 Å². The monoisotopic (exact) mass is 443 g/mol. The number of amides is 3. The maximum Gasteiger partial charge on any atom is 0.323 e. The third-order valence-corrected chi connectivity index (χ3v) is 5.14. The van der Waals surface area contributed by atoms with E-state index in [2.05, 4.69) is 20.9 Å². The van der Waals surface area contributed by atoms with E-state index in [1.807, 2.05) is 19.0 Å². The van der Waals surface area contributed by atoms with Gasteiger partial charge in [-0.25, -0.2) is 9.18 Å². The predicted molar refractivity (Wildman–Crippen MR) is 124 cm³/mol. The lowest BCUT2D eigenvalue weighted by atomic mass is 10.1. The van der Waals surface area contributed by atoms with Crippen molar-refractivity contribution in [3.05, 3.63) is 53.8 Å². The van der Waals surface area contributed by atoms with E-state index in [4.69, 9.17) is 4.74 Å². The van der Waals surface area contributed by atoms with E-state index in [0.29, 0.717) is 17.8 Å². The van der Waals surface area contributed by atoms with Crippen molar-refractivity contribution in [2.24, 2.45) is 0 Å². The second-order valence-electron chi connectivity index (χ2n) is 7.75. The van der Waals surface area contributed by atoms with E-state index in [1.54, 1.807) is 30.3 Å². The number of para-hydroxylation sites is 1. The quantitative estimate of drug-likeness (QED) is 0.546. The summed E-state index contributed by atoms with van der Waals surface area (Å²) in [6.07, 6.45) is 0.839. The van der Waals surface area contributed by atoms with Crippen LogP contribution >= 0.6 is 0 Å². The lowest BCUT2D eigenvalue weighted by molar-refractivity contribution is 0.0374. The van der Waals surface area contributed by atoms with Crippen molar-refractivity contribution in [1.29, 1.82) is 0 Å². The number of urea groups is 1. The lowest BCUT2D eigenvalue weighted by Crippen LogP contribution is -2.38. The number of morpholine rings is 1. The van der Waals surface area contributed by atoms with Crippen LogP contribution in [0.3, 0.4) is 0 Å². The molecule has 9 heteroatoms. The van der Waals surface area contributed by atoms with Crippen molar-refractivity contribution in [2.75, 3.05) is 69.0 Å². The van der Waals surface area contributed by atoms with Gasteiger partial charge in [-0.1, -0.05) is 12.1 Å². The molecule has 3 N–H and O–H groups in total. The highest BCUT2D eigenvalue weighted by molar-refractivity contribution is 6.04. The maximum absolute atomic E-state index is 13.8. The fourth-order valence-corrected chi connectivity index (χ4v) is 3.46. The summed E-state index contributed by atoms with van der Waals surface area (Å²) < 4.78 is 19.1. The first-order chi connectivity index (χ1) is 15.4. The van der Waals surface area contributed by atoms with Crippen molar-refractivity contribution >= 4 is 29.0 Å². The van der Waals surface area contributed by atoms with Crippen LogP contribution in [0.25, 0.3) is 0 Å². The zero-order chi connectivity index (χ0) is 22.9. The first-order valence-corrected chi connectivity index (χ1v) is 10.7. The minimum absolute atomic E-state index is 0.0770. The van der Waals surface area contributed by atoms with Crippen molar-refractivity contribution < 1.29 is 18.7 Å². The number of nitrogens with one attached hydrogen (secondary N) is 3. The summed E-state index contributed by atoms with van der Waals surface area (Å²) in [4.78, 5) is 29.3. The molecule has 32 heavy (non-hydrogen) atoms. The highest BCUT2D eigenvalue weighted by Crippen LogP contribution is 2.23. The second-order valence-corrected chi connectivity index (χ2v) is 7.75. The molecule has 8 nitrogen and oxygen atoms in total. The Kier molecular flexibility index (Phi) is 8.41. The van der Waals surface area contributed by atoms with E-state index in [-0.39, 0.29) is 11.6 Å². The average Bonchev–Trinajstić information content (AvgIpc) is 2.78. The molecule has 0 radical (unpaired) electrons. The second kappa shape index (κ2) is 11.4. The molecule has 2 aromatic carbocycles. The topological polar surface area (TPSA) is 85.9 Å². The molecule has 0 saturated carbocycles. The Morgan fingerprint density at radius 1 is 1.09 bits per heavy atom. The Morgan fingerprint density at radius 2 is 1.84 bits per heavy atom. The lowest BCUT2D eigenvalue weighted by Gasteiger charge is -2.26. The Hall–Kier alpha value is -3.17. The summed E-state index contributed by atoms with van der Waals surface area (Å²) in [7, 11) is 3.70. The number of carbonyl (C=O) groups excluding carboxylic acids is 2. The molecular weight excluding hydrogens is 413 g/mol. The van der Waals surface area contributed by atoms with Gasteiger partial charge < -0.3 is 25.6 Å². The van der Waals surface area contributed by atoms with E-state index >= 15 is 0 Å². The van der Waals surface area contributed by atoms with Crippen LogP contribution in [0.2, 0.25) is 0 Å². The Morgan fingerprint density at radius 3 is 2.56 bits per heavy atom. The van der Waals surface area contributed by atoms with Crippen LogP contribution in [0.15, 0.2) is 42.5 Å². The molecule has 1 saturated heterocycles. The first kappa shape index (κ1) is 23.5. The number of anilines is 3. The number of hydrogen-bond donors (Lipinski definition) is 3. The fraction of sp³-hybridized carbons (Fsp3) is 0.391. The normalized spacial score (nSPS) is 14.0. The van der Waals surface area contributed by atoms with Crippen LogP contribution in [-0.4, -0.2) is 70.3 Å². The molecule has 1 fully saturated rings. The van der Waals surface area contributed by atoms with Gasteiger partial charge in [0.15, 0.2) is 0 Å². The molecule has 2 aromatic rings. The number of hydrogen-bond acceptors (Lipinski definition) is 5. The number of benzene rings is 2. The van der Waals surface area contributed by atoms with E-state index in [9.17, 15) is 14.0 Å². The first-order valence-electron chi connectivity index (χ1n) is 10.7. The summed E-state index contributed by atoms with van der Waals surface area (Å²) in [5.74, 6) is -0.739. The molecule has 1 aliphatic rings. The minimum Gasteiger partial charge on any atom is -0.379 e. The Balaban J connectivity index is 1.59. The molecule has 172 valence electrons. The van der Waals surface area contributed by atoms with Gasteiger partial charge in [0.05, 0.1) is 24.5 Å². The SMILES string of the molecule is CN(C)c1ccc(NC(=O)Nc2ccccc2F)cc1C(=O)NCCCN1CCOCC1. The predicted octanol–water partition coefficient (Wildman–Crippen LogP) is 2.99. The van der Waals surface area contributed by atoms with Gasteiger partial charge in [-0.3, -0.25) is 9.69 Å². The molecule has 0 spiro atoms. The van der Waals surface area contributed by atoms with E-state index in [1.165, 1.54) is 12.1 Å². The van der Waals surface area contributed by atoms with Gasteiger partial charge in [0.2, 0.25) is 0 Å². The van der Waals surface area contributed by atoms with Gasteiger partial charge in [0, 0.05) is 45.1 Å². The summed E-state index contributed by atoms with van der Waals surface area (Å²) >= 11 is 0. The van der Waals surface area contributed by atoms with Crippen LogP contribution in [0.5, 0.6) is 0 Å². The summed E-state index contributed by atoms with van der Waals surface area (Å²) in [6, 6.07) is 10.4. The molecule has 1 heterocycles. The zero-order valence-electron chi connectivity index (χ0n) is 18.5. The largest absolute Gasteiger partial charge is 0.379 e. The molecule has 0 bridgehead atoms. The van der Waals surface area contributed by atoms with Crippen LogP contribution in [0.4, 0.5) is 26.2 Å². The van der Waals surface area contributed by atoms with E-state index in [0.717, 1.165) is 45.0 Å². The Labute approximate surface area is 187 Å². The maximum atomic E-state index is 13.8. The van der Waals surface area contributed by atoms with Crippen LogP contribution in [0, 0.1) is 5.82 Å². The number of nitrogens with zero attached hydrogens (tertiary/aromatic N) is 2. The molecule has 3 amide bonds. The van der Waals surface area contributed by atoms with Crippen molar-refractivity contribution in [1.82, 2.24) is 10.2 Å². The smallest absolute Gasteiger partial charge is 0.323 e. The van der Waals surface area contributed by atoms with Crippen molar-refractivity contribution in [2.45, 2.75) is 6.42 Å². The molecule has 0 aromatic heterocycles. The highest BCUT2D eigenvalue weighted by atomic mass is 19.1. The molecule has 0 unspecified atom stereocenters. The highest BCUT2D eigenvalue weighted by Gasteiger charge is 2.16. The molecule has 1 aliphatic heterocycles. The zero-order valence-corrected chi connectivity index (χ0v) is 18.5. The average molecular weight is 444 g/mol. The number of rotatable bonds is 8. The van der Waals surface area contributed by atoms with Gasteiger partial charge in [-0.15, -0.1) is 0 Å². The Bertz CT molecular complexity index is 932. The number of halogens is 1. The van der Waals surface area contributed by atoms with Crippen LogP contribution < -0.4 is 20.9 Å². The molecule has 3 rings (SSSR count). The van der Waals surface area contributed by atoms with Gasteiger partial charge in [-0.2, -0.15) is 0 Å². The van der Waals surface area contributed by atoms with Gasteiger partial charge in [0.25, 0.3) is 5.91 Å². The number of ether oxygens (including phenoxy) is 1.